The monoisotopic (exact) mass is 225 g/mol. The summed E-state index contributed by atoms with van der Waals surface area (Å²) in [5, 5.41) is 0. The fourth-order valence-electron chi connectivity index (χ4n) is 2.72. The van der Waals surface area contributed by atoms with Crippen molar-refractivity contribution in [2.75, 3.05) is 7.05 Å². The fourth-order valence-corrected chi connectivity index (χ4v) is 2.72. The molecule has 0 unspecified atom stereocenters. The first-order chi connectivity index (χ1) is 7.20. The van der Waals surface area contributed by atoms with Gasteiger partial charge in [0.2, 0.25) is 0 Å². The van der Waals surface area contributed by atoms with E-state index in [1.54, 1.807) is 0 Å². The zero-order valence-electron chi connectivity index (χ0n) is 11.0. The second-order valence-corrected chi connectivity index (χ2v) is 5.89. The van der Waals surface area contributed by atoms with E-state index < -0.39 is 0 Å². The highest BCUT2D eigenvalue weighted by Crippen LogP contribution is 2.40. The summed E-state index contributed by atoms with van der Waals surface area (Å²) in [6.07, 6.45) is 2.89. The van der Waals surface area contributed by atoms with Crippen LogP contribution >= 0.6 is 0 Å². The molecule has 0 aliphatic carbocycles. The van der Waals surface area contributed by atoms with Crippen molar-refractivity contribution in [3.8, 4) is 0 Å². The number of hydrogen-bond acceptors (Lipinski definition) is 3. The predicted octanol–water partition coefficient (Wildman–Crippen LogP) is 2.57. The van der Waals surface area contributed by atoms with E-state index in [4.69, 9.17) is 4.74 Å². The molecule has 0 aromatic rings. The van der Waals surface area contributed by atoms with Gasteiger partial charge in [-0.25, -0.2) is 0 Å². The van der Waals surface area contributed by atoms with E-state index in [0.29, 0.717) is 0 Å². The minimum absolute atomic E-state index is 0.0204. The van der Waals surface area contributed by atoms with Crippen molar-refractivity contribution in [2.45, 2.75) is 51.6 Å². The average molecular weight is 225 g/mol. The highest BCUT2D eigenvalue weighted by atomic mass is 16.5. The Morgan fingerprint density at radius 3 is 2.12 bits per heavy atom. The Hall–Kier alpha value is -0.830. The van der Waals surface area contributed by atoms with Gasteiger partial charge in [-0.05, 0) is 47.6 Å². The third kappa shape index (κ3) is 2.46. The lowest BCUT2D eigenvalue weighted by molar-refractivity contribution is -0.150. The Kier molecular flexibility index (Phi) is 3.48. The lowest BCUT2D eigenvalue weighted by atomic mass is 9.74. The number of ether oxygens (including phenoxy) is 1. The van der Waals surface area contributed by atoms with E-state index in [-0.39, 0.29) is 23.0 Å². The molecular weight excluding hydrogens is 202 g/mol. The molecule has 1 rings (SSSR count). The smallest absolute Gasteiger partial charge is 0.313 e. The highest BCUT2D eigenvalue weighted by Gasteiger charge is 2.45. The molecule has 0 saturated carbocycles. The van der Waals surface area contributed by atoms with Crippen LogP contribution in [0.1, 0.15) is 40.5 Å². The second-order valence-electron chi connectivity index (χ2n) is 5.89. The Labute approximate surface area is 98.5 Å². The van der Waals surface area contributed by atoms with E-state index in [0.717, 1.165) is 12.8 Å². The summed E-state index contributed by atoms with van der Waals surface area (Å²) in [5.74, 6) is -0.177. The molecule has 3 heteroatoms. The molecule has 0 aromatic heterocycles. The van der Waals surface area contributed by atoms with Gasteiger partial charge in [0.1, 0.15) is 0 Å². The lowest BCUT2D eigenvalue weighted by Crippen LogP contribution is -2.59. The molecule has 1 aliphatic heterocycles. The van der Waals surface area contributed by atoms with E-state index in [9.17, 15) is 4.79 Å². The predicted molar refractivity (Wildman–Crippen MR) is 64.9 cm³/mol. The minimum atomic E-state index is -0.149. The molecule has 1 aliphatic rings. The summed E-state index contributed by atoms with van der Waals surface area (Å²) in [6.45, 7) is 12.1. The van der Waals surface area contributed by atoms with Crippen molar-refractivity contribution in [3.63, 3.8) is 0 Å². The van der Waals surface area contributed by atoms with E-state index >= 15 is 0 Å². The van der Waals surface area contributed by atoms with Crippen LogP contribution < -0.4 is 0 Å². The van der Waals surface area contributed by atoms with Gasteiger partial charge in [0.05, 0.1) is 12.2 Å². The van der Waals surface area contributed by atoms with Gasteiger partial charge < -0.3 is 4.74 Å². The summed E-state index contributed by atoms with van der Waals surface area (Å²) in [7, 11) is 2.12. The summed E-state index contributed by atoms with van der Waals surface area (Å²) in [4.78, 5) is 14.1. The van der Waals surface area contributed by atoms with Crippen LogP contribution in [0.3, 0.4) is 0 Å². The molecule has 16 heavy (non-hydrogen) atoms. The Morgan fingerprint density at radius 1 is 1.31 bits per heavy atom. The molecule has 0 radical (unpaired) electrons. The zero-order valence-corrected chi connectivity index (χ0v) is 11.0. The molecule has 3 nitrogen and oxygen atoms in total. The largest absolute Gasteiger partial charge is 0.435 e. The number of carbonyl (C=O) groups excluding carboxylic acids is 1. The van der Waals surface area contributed by atoms with E-state index in [1.165, 1.54) is 6.26 Å². The molecular formula is C13H23NO2. The van der Waals surface area contributed by atoms with Crippen LogP contribution in [-0.4, -0.2) is 29.0 Å². The number of piperidine rings is 1. The van der Waals surface area contributed by atoms with Gasteiger partial charge in [0, 0.05) is 11.1 Å². The first-order valence-electron chi connectivity index (χ1n) is 5.76. The summed E-state index contributed by atoms with van der Waals surface area (Å²) in [5.41, 5.74) is 0.0409. The topological polar surface area (TPSA) is 29.5 Å². The van der Waals surface area contributed by atoms with Crippen molar-refractivity contribution in [1.82, 2.24) is 4.90 Å². The fraction of sp³-hybridized carbons (Fsp3) is 0.769. The van der Waals surface area contributed by atoms with E-state index in [2.05, 4.69) is 46.2 Å². The number of rotatable bonds is 2. The number of hydrogen-bond donors (Lipinski definition) is 0. The molecule has 1 fully saturated rings. The van der Waals surface area contributed by atoms with Crippen LogP contribution in [0.15, 0.2) is 12.8 Å². The zero-order chi connectivity index (χ0) is 12.6. The van der Waals surface area contributed by atoms with Crippen molar-refractivity contribution in [1.29, 1.82) is 0 Å². The molecule has 0 spiro atoms. The van der Waals surface area contributed by atoms with E-state index in [1.807, 2.05) is 0 Å². The van der Waals surface area contributed by atoms with Gasteiger partial charge in [0.25, 0.3) is 0 Å². The third-order valence-electron chi connectivity index (χ3n) is 3.84. The number of nitrogens with zero attached hydrogens (tertiary/aromatic N) is 1. The van der Waals surface area contributed by atoms with Gasteiger partial charge in [0.15, 0.2) is 0 Å². The first-order valence-corrected chi connectivity index (χ1v) is 5.76. The quantitative estimate of drug-likeness (QED) is 0.534. The van der Waals surface area contributed by atoms with Gasteiger partial charge in [-0.15, -0.1) is 0 Å². The Bertz CT molecular complexity index is 276. The minimum Gasteiger partial charge on any atom is -0.435 e. The number of esters is 1. The normalized spacial score (nSPS) is 25.1. The number of likely N-dealkylation sites (tertiary alicyclic amines) is 1. The molecule has 0 bridgehead atoms. The molecule has 0 amide bonds. The molecule has 92 valence electrons. The van der Waals surface area contributed by atoms with Crippen LogP contribution in [0.2, 0.25) is 0 Å². The molecule has 1 heterocycles. The molecule has 0 N–H and O–H groups in total. The van der Waals surface area contributed by atoms with Gasteiger partial charge >= 0.3 is 5.97 Å². The van der Waals surface area contributed by atoms with Gasteiger partial charge in [-0.3, -0.25) is 9.69 Å². The van der Waals surface area contributed by atoms with Crippen LogP contribution in [0.5, 0.6) is 0 Å². The summed E-state index contributed by atoms with van der Waals surface area (Å²) in [6, 6.07) is 0. The van der Waals surface area contributed by atoms with Crippen LogP contribution in [0, 0.1) is 5.92 Å². The maximum Gasteiger partial charge on any atom is 0.313 e. The standard InChI is InChI=1S/C13H23NO2/c1-7-16-11(15)10-8-12(2,3)14(6)13(4,5)9-10/h7,10H,1,8-9H2,2-6H3. The molecule has 1 saturated heterocycles. The summed E-state index contributed by atoms with van der Waals surface area (Å²) >= 11 is 0. The van der Waals surface area contributed by atoms with Gasteiger partial charge in [-0.2, -0.15) is 0 Å². The lowest BCUT2D eigenvalue weighted by Gasteiger charge is -2.53. The Morgan fingerprint density at radius 2 is 1.75 bits per heavy atom. The second kappa shape index (κ2) is 4.21. The maximum atomic E-state index is 11.8. The van der Waals surface area contributed by atoms with Crippen molar-refractivity contribution >= 4 is 5.97 Å². The van der Waals surface area contributed by atoms with Gasteiger partial charge in [-0.1, -0.05) is 6.58 Å². The van der Waals surface area contributed by atoms with Crippen LogP contribution in [-0.2, 0) is 9.53 Å². The number of carbonyl (C=O) groups is 1. The van der Waals surface area contributed by atoms with Crippen LogP contribution in [0.4, 0.5) is 0 Å². The first kappa shape index (κ1) is 13.2. The maximum absolute atomic E-state index is 11.8. The molecule has 0 atom stereocenters. The van der Waals surface area contributed by atoms with Crippen molar-refractivity contribution in [2.24, 2.45) is 5.92 Å². The Balaban J connectivity index is 2.86. The summed E-state index contributed by atoms with van der Waals surface area (Å²) < 4.78 is 4.91. The SMILES string of the molecule is C=COC(=O)C1CC(C)(C)N(C)C(C)(C)C1. The highest BCUT2D eigenvalue weighted by molar-refractivity contribution is 5.73. The van der Waals surface area contributed by atoms with Crippen LogP contribution in [0.25, 0.3) is 0 Å². The van der Waals surface area contributed by atoms with Crippen molar-refractivity contribution in [3.05, 3.63) is 12.8 Å². The van der Waals surface area contributed by atoms with Crippen molar-refractivity contribution < 1.29 is 9.53 Å². The average Bonchev–Trinajstić information content (AvgIpc) is 2.13. The molecule has 0 aromatic carbocycles. The third-order valence-corrected chi connectivity index (χ3v) is 3.84.